The molecule has 21 heavy (non-hydrogen) atoms. The number of anilines is 2. The zero-order chi connectivity index (χ0) is 15.6. The molecule has 1 aliphatic rings. The van der Waals surface area contributed by atoms with Gasteiger partial charge in [-0.25, -0.2) is 9.97 Å². The van der Waals surface area contributed by atoms with Gasteiger partial charge in [-0.3, -0.25) is 0 Å². The highest BCUT2D eigenvalue weighted by Crippen LogP contribution is 2.26. The summed E-state index contributed by atoms with van der Waals surface area (Å²) in [5.74, 6) is 3.47. The van der Waals surface area contributed by atoms with Crippen molar-refractivity contribution in [3.8, 4) is 0 Å². The van der Waals surface area contributed by atoms with Gasteiger partial charge in [0.25, 0.3) is 0 Å². The second kappa shape index (κ2) is 6.18. The number of rotatable bonds is 4. The number of hydrogen-bond donors (Lipinski definition) is 2. The molecule has 0 amide bonds. The standard InChI is InChI=1S/C16H29N5/c1-11-13(17-5)19-15(16(2,3)4)20-14(11)18-9-12-7-8-21(6)10-12/h12H,7-10H2,1-6H3,(H2,17,18,19,20). The van der Waals surface area contributed by atoms with Crippen molar-refractivity contribution < 1.29 is 0 Å². The summed E-state index contributed by atoms with van der Waals surface area (Å²) in [7, 11) is 4.10. The highest BCUT2D eigenvalue weighted by atomic mass is 15.1. The molecule has 1 unspecified atom stereocenters. The molecule has 0 radical (unpaired) electrons. The van der Waals surface area contributed by atoms with Crippen molar-refractivity contribution in [3.05, 3.63) is 11.4 Å². The molecular formula is C16H29N5. The van der Waals surface area contributed by atoms with Crippen LogP contribution in [0.2, 0.25) is 0 Å². The summed E-state index contributed by atoms with van der Waals surface area (Å²) in [6, 6.07) is 0. The molecule has 5 nitrogen and oxygen atoms in total. The lowest BCUT2D eigenvalue weighted by atomic mass is 9.95. The minimum atomic E-state index is -0.0523. The van der Waals surface area contributed by atoms with E-state index in [-0.39, 0.29) is 5.41 Å². The van der Waals surface area contributed by atoms with Crippen molar-refractivity contribution in [2.75, 3.05) is 44.4 Å². The lowest BCUT2D eigenvalue weighted by Gasteiger charge is -2.21. The van der Waals surface area contributed by atoms with Gasteiger partial charge in [-0.05, 0) is 32.9 Å². The largest absolute Gasteiger partial charge is 0.373 e. The van der Waals surface area contributed by atoms with Crippen LogP contribution in [-0.2, 0) is 5.41 Å². The molecule has 0 saturated carbocycles. The van der Waals surface area contributed by atoms with Crippen molar-refractivity contribution in [1.82, 2.24) is 14.9 Å². The normalized spacial score (nSPS) is 19.8. The molecule has 1 saturated heterocycles. The lowest BCUT2D eigenvalue weighted by Crippen LogP contribution is -2.22. The maximum Gasteiger partial charge on any atom is 0.138 e. The Hall–Kier alpha value is -1.36. The quantitative estimate of drug-likeness (QED) is 0.892. The minimum absolute atomic E-state index is 0.0523. The first-order valence-corrected chi connectivity index (χ1v) is 7.80. The third-order valence-corrected chi connectivity index (χ3v) is 4.10. The number of likely N-dealkylation sites (tertiary alicyclic amines) is 1. The maximum absolute atomic E-state index is 4.76. The van der Waals surface area contributed by atoms with Crippen LogP contribution in [0.4, 0.5) is 11.6 Å². The third kappa shape index (κ3) is 3.84. The zero-order valence-corrected chi connectivity index (χ0v) is 14.2. The minimum Gasteiger partial charge on any atom is -0.373 e. The van der Waals surface area contributed by atoms with Gasteiger partial charge in [0.2, 0.25) is 0 Å². The summed E-state index contributed by atoms with van der Waals surface area (Å²) >= 11 is 0. The second-order valence-electron chi connectivity index (χ2n) is 7.17. The van der Waals surface area contributed by atoms with Crippen LogP contribution in [0.1, 0.15) is 38.6 Å². The van der Waals surface area contributed by atoms with E-state index in [0.717, 1.165) is 29.6 Å². The first-order valence-electron chi connectivity index (χ1n) is 7.80. The lowest BCUT2D eigenvalue weighted by molar-refractivity contribution is 0.399. The Morgan fingerprint density at radius 1 is 1.24 bits per heavy atom. The van der Waals surface area contributed by atoms with Crippen LogP contribution >= 0.6 is 0 Å². The van der Waals surface area contributed by atoms with Crippen molar-refractivity contribution in [2.24, 2.45) is 5.92 Å². The van der Waals surface area contributed by atoms with Crippen LogP contribution in [0, 0.1) is 12.8 Å². The summed E-state index contributed by atoms with van der Waals surface area (Å²) in [5.41, 5.74) is 1.04. The molecular weight excluding hydrogens is 262 g/mol. The predicted molar refractivity (Wildman–Crippen MR) is 89.1 cm³/mol. The predicted octanol–water partition coefficient (Wildman–Crippen LogP) is 2.49. The molecule has 2 heterocycles. The van der Waals surface area contributed by atoms with Gasteiger partial charge in [-0.1, -0.05) is 20.8 Å². The summed E-state index contributed by atoms with van der Waals surface area (Å²) < 4.78 is 0. The monoisotopic (exact) mass is 291 g/mol. The van der Waals surface area contributed by atoms with Crippen molar-refractivity contribution >= 4 is 11.6 Å². The summed E-state index contributed by atoms with van der Waals surface area (Å²) in [6.45, 7) is 11.9. The number of aromatic nitrogens is 2. The van der Waals surface area contributed by atoms with Crippen molar-refractivity contribution in [2.45, 2.75) is 39.5 Å². The van der Waals surface area contributed by atoms with E-state index in [4.69, 9.17) is 4.98 Å². The Bertz CT molecular complexity index is 492. The summed E-state index contributed by atoms with van der Waals surface area (Å²) in [4.78, 5) is 11.8. The molecule has 2 rings (SSSR count). The number of hydrogen-bond acceptors (Lipinski definition) is 5. The number of nitrogens with zero attached hydrogens (tertiary/aromatic N) is 3. The fraction of sp³-hybridized carbons (Fsp3) is 0.750. The second-order valence-corrected chi connectivity index (χ2v) is 7.17. The van der Waals surface area contributed by atoms with Crippen molar-refractivity contribution in [3.63, 3.8) is 0 Å². The molecule has 1 aromatic heterocycles. The average Bonchev–Trinajstić information content (AvgIpc) is 2.82. The Kier molecular flexibility index (Phi) is 4.71. The highest BCUT2D eigenvalue weighted by Gasteiger charge is 2.22. The van der Waals surface area contributed by atoms with Crippen LogP contribution in [0.25, 0.3) is 0 Å². The molecule has 0 spiro atoms. The molecule has 1 aromatic rings. The van der Waals surface area contributed by atoms with Crippen LogP contribution in [0.15, 0.2) is 0 Å². The zero-order valence-electron chi connectivity index (χ0n) is 14.2. The van der Waals surface area contributed by atoms with Gasteiger partial charge in [-0.2, -0.15) is 0 Å². The van der Waals surface area contributed by atoms with Gasteiger partial charge < -0.3 is 15.5 Å². The Balaban J connectivity index is 2.17. The molecule has 0 aliphatic carbocycles. The fourth-order valence-corrected chi connectivity index (χ4v) is 2.70. The van der Waals surface area contributed by atoms with E-state index < -0.39 is 0 Å². The number of nitrogens with one attached hydrogen (secondary N) is 2. The molecule has 0 bridgehead atoms. The van der Waals surface area contributed by atoms with E-state index in [2.05, 4.69) is 55.3 Å². The van der Waals surface area contributed by atoms with Crippen LogP contribution in [0.5, 0.6) is 0 Å². The van der Waals surface area contributed by atoms with Gasteiger partial charge in [0.15, 0.2) is 0 Å². The summed E-state index contributed by atoms with van der Waals surface area (Å²) in [6.07, 6.45) is 1.26. The van der Waals surface area contributed by atoms with Gasteiger partial charge in [0.1, 0.15) is 17.5 Å². The Morgan fingerprint density at radius 3 is 2.43 bits per heavy atom. The van der Waals surface area contributed by atoms with Crippen LogP contribution in [0.3, 0.4) is 0 Å². The van der Waals surface area contributed by atoms with E-state index in [1.165, 1.54) is 19.5 Å². The fourth-order valence-electron chi connectivity index (χ4n) is 2.70. The summed E-state index contributed by atoms with van der Waals surface area (Å²) in [5, 5.41) is 6.73. The van der Waals surface area contributed by atoms with E-state index in [9.17, 15) is 0 Å². The molecule has 2 N–H and O–H groups in total. The molecule has 1 fully saturated rings. The SMILES string of the molecule is CNc1nc(C(C)(C)C)nc(NCC2CCN(C)C2)c1C. The van der Waals surface area contributed by atoms with Crippen LogP contribution < -0.4 is 10.6 Å². The molecule has 5 heteroatoms. The van der Waals surface area contributed by atoms with E-state index in [1.807, 2.05) is 7.05 Å². The van der Waals surface area contributed by atoms with E-state index >= 15 is 0 Å². The van der Waals surface area contributed by atoms with E-state index in [1.54, 1.807) is 0 Å². The van der Waals surface area contributed by atoms with Crippen LogP contribution in [-0.4, -0.2) is 48.6 Å². The molecule has 1 atom stereocenters. The third-order valence-electron chi connectivity index (χ3n) is 4.10. The first kappa shape index (κ1) is 16.0. The van der Waals surface area contributed by atoms with Gasteiger partial charge in [0.05, 0.1) is 0 Å². The average molecular weight is 291 g/mol. The van der Waals surface area contributed by atoms with Gasteiger partial charge >= 0.3 is 0 Å². The topological polar surface area (TPSA) is 53.1 Å². The Morgan fingerprint density at radius 2 is 1.90 bits per heavy atom. The van der Waals surface area contributed by atoms with Crippen molar-refractivity contribution in [1.29, 1.82) is 0 Å². The molecule has 118 valence electrons. The van der Waals surface area contributed by atoms with Gasteiger partial charge in [0, 0.05) is 31.1 Å². The molecule has 0 aromatic carbocycles. The van der Waals surface area contributed by atoms with E-state index in [0.29, 0.717) is 5.92 Å². The molecule has 1 aliphatic heterocycles. The first-order chi connectivity index (χ1) is 9.81. The van der Waals surface area contributed by atoms with Gasteiger partial charge in [-0.15, -0.1) is 0 Å². The Labute approximate surface area is 128 Å². The smallest absolute Gasteiger partial charge is 0.138 e. The maximum atomic E-state index is 4.76. The highest BCUT2D eigenvalue weighted by molar-refractivity contribution is 5.57.